The number of nitrogens with zero attached hydrogens (tertiary/aromatic N) is 4. The van der Waals surface area contributed by atoms with Crippen LogP contribution in [-0.2, 0) is 19.5 Å². The summed E-state index contributed by atoms with van der Waals surface area (Å²) in [6.45, 7) is 7.13. The van der Waals surface area contributed by atoms with Crippen LogP contribution in [0.4, 0.5) is 0 Å². The molecule has 0 aliphatic carbocycles. The van der Waals surface area contributed by atoms with E-state index < -0.39 is 0 Å². The number of thiazole rings is 1. The Bertz CT molecular complexity index is 859. The maximum Gasteiger partial charge on any atom is 0.191 e. The summed E-state index contributed by atoms with van der Waals surface area (Å²) in [6, 6.07) is 10.3. The van der Waals surface area contributed by atoms with Crippen LogP contribution in [0.15, 0.2) is 53.1 Å². The van der Waals surface area contributed by atoms with Gasteiger partial charge in [-0.15, -0.1) is 35.3 Å². The van der Waals surface area contributed by atoms with Gasteiger partial charge in [0.2, 0.25) is 0 Å². The van der Waals surface area contributed by atoms with Gasteiger partial charge in [0.05, 0.1) is 23.8 Å². The molecule has 28 heavy (non-hydrogen) atoms. The highest BCUT2D eigenvalue weighted by Gasteiger charge is 2.04. The van der Waals surface area contributed by atoms with Gasteiger partial charge in [-0.2, -0.15) is 5.10 Å². The van der Waals surface area contributed by atoms with Crippen molar-refractivity contribution in [2.45, 2.75) is 33.4 Å². The summed E-state index contributed by atoms with van der Waals surface area (Å²) < 4.78 is 1.93. The van der Waals surface area contributed by atoms with Crippen LogP contribution in [-0.4, -0.2) is 33.8 Å². The van der Waals surface area contributed by atoms with E-state index in [-0.39, 0.29) is 24.0 Å². The molecule has 1 aromatic carbocycles. The van der Waals surface area contributed by atoms with Crippen LogP contribution >= 0.6 is 35.3 Å². The van der Waals surface area contributed by atoms with E-state index in [0.717, 1.165) is 42.7 Å². The minimum Gasteiger partial charge on any atom is -0.357 e. The highest BCUT2D eigenvalue weighted by molar-refractivity contribution is 14.0. The average Bonchev–Trinajstić information content (AvgIpc) is 3.32. The SMILES string of the molecule is CCNC(=NCc1ccccc1Cn1cccn1)NCCc1csc(C)n1.I. The third-order valence-electron chi connectivity index (χ3n) is 4.10. The van der Waals surface area contributed by atoms with E-state index in [1.165, 1.54) is 11.1 Å². The second kappa shape index (κ2) is 11.8. The first-order valence-electron chi connectivity index (χ1n) is 9.22. The first kappa shape index (κ1) is 22.4. The smallest absolute Gasteiger partial charge is 0.191 e. The predicted octanol–water partition coefficient (Wildman–Crippen LogP) is 3.61. The maximum absolute atomic E-state index is 4.76. The Hall–Kier alpha value is -1.94. The van der Waals surface area contributed by atoms with Gasteiger partial charge >= 0.3 is 0 Å². The molecule has 0 radical (unpaired) electrons. The quantitative estimate of drug-likeness (QED) is 0.276. The maximum atomic E-state index is 4.76. The molecule has 0 saturated heterocycles. The average molecular weight is 510 g/mol. The molecule has 0 spiro atoms. The van der Waals surface area contributed by atoms with Gasteiger partial charge < -0.3 is 10.6 Å². The van der Waals surface area contributed by atoms with Crippen LogP contribution in [0, 0.1) is 6.92 Å². The van der Waals surface area contributed by atoms with Crippen molar-refractivity contribution < 1.29 is 0 Å². The molecule has 8 heteroatoms. The third kappa shape index (κ3) is 6.90. The van der Waals surface area contributed by atoms with E-state index in [1.54, 1.807) is 17.5 Å². The summed E-state index contributed by atoms with van der Waals surface area (Å²) in [5, 5.41) is 14.2. The van der Waals surface area contributed by atoms with Crippen molar-refractivity contribution in [1.29, 1.82) is 0 Å². The molecule has 0 amide bonds. The van der Waals surface area contributed by atoms with Crippen LogP contribution in [0.2, 0.25) is 0 Å². The van der Waals surface area contributed by atoms with E-state index in [9.17, 15) is 0 Å². The van der Waals surface area contributed by atoms with Crippen LogP contribution in [0.3, 0.4) is 0 Å². The largest absolute Gasteiger partial charge is 0.357 e. The molecule has 2 aromatic heterocycles. The summed E-state index contributed by atoms with van der Waals surface area (Å²) in [7, 11) is 0. The lowest BCUT2D eigenvalue weighted by Crippen LogP contribution is -2.38. The van der Waals surface area contributed by atoms with Crippen molar-refractivity contribution in [1.82, 2.24) is 25.4 Å². The van der Waals surface area contributed by atoms with Crippen molar-refractivity contribution in [2.75, 3.05) is 13.1 Å². The molecule has 2 N–H and O–H groups in total. The van der Waals surface area contributed by atoms with E-state index in [1.807, 2.05) is 23.9 Å². The van der Waals surface area contributed by atoms with Gasteiger partial charge in [-0.05, 0) is 31.0 Å². The monoisotopic (exact) mass is 510 g/mol. The highest BCUT2D eigenvalue weighted by Crippen LogP contribution is 2.12. The number of aryl methyl sites for hydroxylation is 1. The molecule has 0 aliphatic heterocycles. The number of guanidine groups is 1. The molecule has 0 aliphatic rings. The Morgan fingerprint density at radius 2 is 2.00 bits per heavy atom. The van der Waals surface area contributed by atoms with Gasteiger partial charge in [0.15, 0.2) is 5.96 Å². The number of rotatable bonds is 8. The number of halogens is 1. The minimum atomic E-state index is 0. The van der Waals surface area contributed by atoms with Crippen LogP contribution in [0.1, 0.15) is 28.8 Å². The van der Waals surface area contributed by atoms with Crippen molar-refractivity contribution in [2.24, 2.45) is 4.99 Å². The first-order chi connectivity index (χ1) is 13.2. The van der Waals surface area contributed by atoms with Gasteiger partial charge in [0.25, 0.3) is 0 Å². The molecule has 6 nitrogen and oxygen atoms in total. The molecule has 3 rings (SSSR count). The summed E-state index contributed by atoms with van der Waals surface area (Å²) in [4.78, 5) is 9.26. The van der Waals surface area contributed by atoms with E-state index in [0.29, 0.717) is 6.54 Å². The van der Waals surface area contributed by atoms with Crippen LogP contribution < -0.4 is 10.6 Å². The minimum absolute atomic E-state index is 0. The fourth-order valence-electron chi connectivity index (χ4n) is 2.77. The number of nitrogens with one attached hydrogen (secondary N) is 2. The molecular formula is C20H27IN6S. The zero-order chi connectivity index (χ0) is 18.9. The molecule has 3 aromatic rings. The van der Waals surface area contributed by atoms with Crippen LogP contribution in [0.25, 0.3) is 0 Å². The van der Waals surface area contributed by atoms with E-state index in [2.05, 4.69) is 57.3 Å². The van der Waals surface area contributed by atoms with Crippen molar-refractivity contribution in [3.8, 4) is 0 Å². The second-order valence-electron chi connectivity index (χ2n) is 6.20. The Balaban J connectivity index is 0.00000280. The van der Waals surface area contributed by atoms with Crippen LogP contribution in [0.5, 0.6) is 0 Å². The second-order valence-corrected chi connectivity index (χ2v) is 7.26. The Labute approximate surface area is 187 Å². The summed E-state index contributed by atoms with van der Waals surface area (Å²) in [6.07, 6.45) is 4.67. The molecule has 150 valence electrons. The van der Waals surface area contributed by atoms with Gasteiger partial charge in [-0.3, -0.25) is 4.68 Å². The summed E-state index contributed by atoms with van der Waals surface area (Å²) >= 11 is 1.69. The molecular weight excluding hydrogens is 483 g/mol. The normalized spacial score (nSPS) is 11.1. The highest BCUT2D eigenvalue weighted by atomic mass is 127. The van der Waals surface area contributed by atoms with Crippen molar-refractivity contribution in [3.05, 3.63) is 69.9 Å². The number of benzene rings is 1. The Morgan fingerprint density at radius 1 is 1.18 bits per heavy atom. The summed E-state index contributed by atoms with van der Waals surface area (Å²) in [5.41, 5.74) is 3.57. The molecule has 0 bridgehead atoms. The van der Waals surface area contributed by atoms with Gasteiger partial charge in [-0.1, -0.05) is 24.3 Å². The lowest BCUT2D eigenvalue weighted by Gasteiger charge is -2.12. The van der Waals surface area contributed by atoms with Gasteiger partial charge in [0.1, 0.15) is 0 Å². The molecule has 0 unspecified atom stereocenters. The Morgan fingerprint density at radius 3 is 2.68 bits per heavy atom. The third-order valence-corrected chi connectivity index (χ3v) is 4.92. The van der Waals surface area contributed by atoms with Gasteiger partial charge in [0, 0.05) is 37.3 Å². The lowest BCUT2D eigenvalue weighted by molar-refractivity contribution is 0.680. The predicted molar refractivity (Wildman–Crippen MR) is 127 cm³/mol. The lowest BCUT2D eigenvalue weighted by atomic mass is 10.1. The first-order valence-corrected chi connectivity index (χ1v) is 10.1. The standard InChI is InChI=1S/C20H26N6S.HI/c1-3-21-20(22-11-9-19-15-27-16(2)25-19)23-13-17-7-4-5-8-18(17)14-26-12-6-10-24-26;/h4-8,10,12,15H,3,9,11,13-14H2,1-2H3,(H2,21,22,23);1H. The summed E-state index contributed by atoms with van der Waals surface area (Å²) in [5.74, 6) is 0.832. The van der Waals surface area contributed by atoms with Crippen molar-refractivity contribution in [3.63, 3.8) is 0 Å². The van der Waals surface area contributed by atoms with E-state index in [4.69, 9.17) is 4.99 Å². The van der Waals surface area contributed by atoms with Crippen molar-refractivity contribution >= 4 is 41.3 Å². The zero-order valence-corrected chi connectivity index (χ0v) is 19.4. The topological polar surface area (TPSA) is 67.1 Å². The number of aromatic nitrogens is 3. The fourth-order valence-corrected chi connectivity index (χ4v) is 3.42. The molecule has 0 atom stereocenters. The van der Waals surface area contributed by atoms with Gasteiger partial charge in [-0.25, -0.2) is 9.98 Å². The molecule has 2 heterocycles. The number of hydrogen-bond acceptors (Lipinski definition) is 4. The Kier molecular flexibility index (Phi) is 9.42. The number of aliphatic imine (C=N–C) groups is 1. The number of hydrogen-bond donors (Lipinski definition) is 2. The zero-order valence-electron chi connectivity index (χ0n) is 16.3. The molecule has 0 fully saturated rings. The van der Waals surface area contributed by atoms with E-state index >= 15 is 0 Å². The molecule has 0 saturated carbocycles. The fraction of sp³-hybridized carbons (Fsp3) is 0.350.